The van der Waals surface area contributed by atoms with Crippen LogP contribution in [-0.4, -0.2) is 6.04 Å². The molecule has 3 nitrogen and oxygen atoms in total. The van der Waals surface area contributed by atoms with Crippen molar-refractivity contribution in [2.45, 2.75) is 51.5 Å². The van der Waals surface area contributed by atoms with E-state index < -0.39 is 0 Å². The summed E-state index contributed by atoms with van der Waals surface area (Å²) in [6.07, 6.45) is 8.48. The van der Waals surface area contributed by atoms with Crippen molar-refractivity contribution >= 4 is 22.1 Å². The van der Waals surface area contributed by atoms with Gasteiger partial charge in [0.05, 0.1) is 5.69 Å². The number of hydrogen-bond donors (Lipinski definition) is 1. The Hall–Kier alpha value is -1.90. The first-order valence-corrected chi connectivity index (χ1v) is 9.78. The van der Waals surface area contributed by atoms with E-state index >= 15 is 0 Å². The van der Waals surface area contributed by atoms with E-state index in [1.165, 1.54) is 38.5 Å². The Morgan fingerprint density at radius 1 is 1.00 bits per heavy atom. The van der Waals surface area contributed by atoms with Gasteiger partial charge in [-0.1, -0.05) is 30.3 Å². The predicted octanol–water partition coefficient (Wildman–Crippen LogP) is 6.25. The van der Waals surface area contributed by atoms with Gasteiger partial charge in [0.2, 0.25) is 0 Å². The van der Waals surface area contributed by atoms with Gasteiger partial charge in [0.25, 0.3) is 0 Å². The number of rotatable bonds is 4. The Balaban J connectivity index is 1.47. The number of hydrogen-bond acceptors (Lipinski definition) is 3. The van der Waals surface area contributed by atoms with Crippen molar-refractivity contribution in [2.24, 2.45) is 28.3 Å². The lowest BCUT2D eigenvalue weighted by Gasteiger charge is -2.59. The number of fused-ring (bicyclic) bond motifs is 1. The molecule has 6 rings (SSSR count). The Kier molecular flexibility index (Phi) is 3.41. The first kappa shape index (κ1) is 15.4. The molecule has 3 heteroatoms. The molecule has 2 aromatic carbocycles. The van der Waals surface area contributed by atoms with Crippen LogP contribution >= 0.6 is 0 Å². The quantitative estimate of drug-likeness (QED) is 0.671. The zero-order chi connectivity index (χ0) is 17.0. The molecule has 2 aromatic rings. The summed E-state index contributed by atoms with van der Waals surface area (Å²) in [5.41, 5.74) is 1.88. The number of nitrogens with zero attached hydrogens (tertiary/aromatic N) is 1. The van der Waals surface area contributed by atoms with Gasteiger partial charge >= 0.3 is 0 Å². The molecule has 4 aliphatic rings. The lowest BCUT2D eigenvalue weighted by Crippen LogP contribution is -2.52. The van der Waals surface area contributed by atoms with Crippen molar-refractivity contribution in [1.82, 2.24) is 0 Å². The maximum absolute atomic E-state index is 11.6. The van der Waals surface area contributed by atoms with Crippen LogP contribution in [0.5, 0.6) is 0 Å². The summed E-state index contributed by atoms with van der Waals surface area (Å²) >= 11 is 0. The molecule has 1 N–H and O–H groups in total. The Morgan fingerprint density at radius 3 is 2.28 bits per heavy atom. The molecule has 0 heterocycles. The summed E-state index contributed by atoms with van der Waals surface area (Å²) < 4.78 is 0. The van der Waals surface area contributed by atoms with Crippen LogP contribution in [0.3, 0.4) is 0 Å². The zero-order valence-corrected chi connectivity index (χ0v) is 14.9. The molecular formula is C22H26N2O. The summed E-state index contributed by atoms with van der Waals surface area (Å²) in [7, 11) is 0. The van der Waals surface area contributed by atoms with Gasteiger partial charge in [0.15, 0.2) is 0 Å². The average molecular weight is 334 g/mol. The molecule has 0 radical (unpaired) electrons. The third-order valence-corrected chi connectivity index (χ3v) is 7.37. The van der Waals surface area contributed by atoms with E-state index in [2.05, 4.69) is 23.5 Å². The third-order valence-electron chi connectivity index (χ3n) is 7.37. The molecule has 0 aromatic heterocycles. The molecule has 0 spiro atoms. The highest BCUT2D eigenvalue weighted by molar-refractivity contribution is 5.98. The number of anilines is 1. The van der Waals surface area contributed by atoms with Crippen LogP contribution in [0.25, 0.3) is 10.8 Å². The highest BCUT2D eigenvalue weighted by Crippen LogP contribution is 2.61. The largest absolute Gasteiger partial charge is 0.380 e. The fourth-order valence-corrected chi connectivity index (χ4v) is 6.56. The monoisotopic (exact) mass is 334 g/mol. The molecule has 1 atom stereocenters. The van der Waals surface area contributed by atoms with Crippen LogP contribution in [0.15, 0.2) is 41.6 Å². The van der Waals surface area contributed by atoms with Crippen LogP contribution in [-0.2, 0) is 0 Å². The topological polar surface area (TPSA) is 41.5 Å². The van der Waals surface area contributed by atoms with Crippen LogP contribution in [0.4, 0.5) is 11.4 Å². The molecule has 4 aliphatic carbocycles. The minimum absolute atomic E-state index is 0.391. The van der Waals surface area contributed by atoms with Gasteiger partial charge in [-0.05, 0) is 85.2 Å². The Bertz CT molecular complexity index is 793. The highest BCUT2D eigenvalue weighted by Gasteiger charge is 2.53. The molecule has 0 aliphatic heterocycles. The maximum atomic E-state index is 11.6. The van der Waals surface area contributed by atoms with E-state index in [0.717, 1.165) is 34.2 Å². The molecular weight excluding hydrogens is 308 g/mol. The van der Waals surface area contributed by atoms with Crippen LogP contribution in [0.1, 0.15) is 45.4 Å². The molecule has 0 amide bonds. The molecule has 4 fully saturated rings. The summed E-state index contributed by atoms with van der Waals surface area (Å²) in [5.74, 6) is 2.82. The van der Waals surface area contributed by atoms with Gasteiger partial charge < -0.3 is 5.32 Å². The van der Waals surface area contributed by atoms with Crippen LogP contribution in [0, 0.1) is 28.1 Å². The van der Waals surface area contributed by atoms with Crippen molar-refractivity contribution in [3.05, 3.63) is 41.3 Å². The van der Waals surface area contributed by atoms with Crippen molar-refractivity contribution in [3.8, 4) is 0 Å². The normalized spacial score (nSPS) is 34.2. The second-order valence-electron chi connectivity index (χ2n) is 8.92. The maximum Gasteiger partial charge on any atom is 0.138 e. The molecule has 4 saturated carbocycles. The van der Waals surface area contributed by atoms with Crippen molar-refractivity contribution < 1.29 is 0 Å². The lowest BCUT2D eigenvalue weighted by molar-refractivity contribution is -0.0602. The van der Waals surface area contributed by atoms with E-state index in [9.17, 15) is 4.91 Å². The molecule has 130 valence electrons. The van der Waals surface area contributed by atoms with Gasteiger partial charge in [-0.15, -0.1) is 4.91 Å². The number of benzene rings is 2. The van der Waals surface area contributed by atoms with Gasteiger partial charge in [0, 0.05) is 11.4 Å². The summed E-state index contributed by atoms with van der Waals surface area (Å²) in [6.45, 7) is 2.33. The predicted molar refractivity (Wildman–Crippen MR) is 103 cm³/mol. The highest BCUT2D eigenvalue weighted by atomic mass is 16.3. The Morgan fingerprint density at radius 2 is 1.64 bits per heavy atom. The lowest BCUT2D eigenvalue weighted by atomic mass is 9.48. The van der Waals surface area contributed by atoms with Crippen molar-refractivity contribution in [2.75, 3.05) is 5.32 Å². The minimum Gasteiger partial charge on any atom is -0.380 e. The third kappa shape index (κ3) is 2.39. The van der Waals surface area contributed by atoms with E-state index in [1.54, 1.807) is 0 Å². The first-order valence-electron chi connectivity index (χ1n) is 9.78. The van der Waals surface area contributed by atoms with Gasteiger partial charge in [0.1, 0.15) is 5.69 Å². The Labute approximate surface area is 149 Å². The van der Waals surface area contributed by atoms with Crippen molar-refractivity contribution in [3.63, 3.8) is 0 Å². The number of nitroso groups, excluding NO2 is 1. The second kappa shape index (κ2) is 5.55. The van der Waals surface area contributed by atoms with Crippen LogP contribution in [0.2, 0.25) is 0 Å². The summed E-state index contributed by atoms with van der Waals surface area (Å²) in [5, 5.41) is 9.12. The smallest absolute Gasteiger partial charge is 0.138 e. The molecule has 1 unspecified atom stereocenters. The SMILES string of the molecule is CC(Nc1ccc2ccccc2c1N=O)C12CC3CC(CC(C3)C1)C2. The summed E-state index contributed by atoms with van der Waals surface area (Å²) in [6, 6.07) is 12.5. The fourth-order valence-electron chi connectivity index (χ4n) is 6.56. The average Bonchev–Trinajstić information content (AvgIpc) is 2.60. The van der Waals surface area contributed by atoms with E-state index in [1.807, 2.05) is 30.3 Å². The van der Waals surface area contributed by atoms with Crippen molar-refractivity contribution in [1.29, 1.82) is 0 Å². The zero-order valence-electron chi connectivity index (χ0n) is 14.9. The fraction of sp³-hybridized carbons (Fsp3) is 0.545. The van der Waals surface area contributed by atoms with Crippen LogP contribution < -0.4 is 5.32 Å². The number of nitrogens with one attached hydrogen (secondary N) is 1. The second-order valence-corrected chi connectivity index (χ2v) is 8.92. The van der Waals surface area contributed by atoms with Gasteiger partial charge in [-0.3, -0.25) is 0 Å². The summed E-state index contributed by atoms with van der Waals surface area (Å²) in [4.78, 5) is 11.6. The van der Waals surface area contributed by atoms with E-state index in [-0.39, 0.29) is 0 Å². The first-order chi connectivity index (χ1) is 12.2. The minimum atomic E-state index is 0.391. The molecule has 0 saturated heterocycles. The molecule has 4 bridgehead atoms. The van der Waals surface area contributed by atoms with Gasteiger partial charge in [-0.2, -0.15) is 0 Å². The standard InChI is InChI=1S/C22H26N2O/c1-14(22-11-15-8-16(12-22)10-17(9-15)13-22)23-20-7-6-18-4-2-3-5-19(18)21(20)24-25/h2-7,14-17,23H,8-13H2,1H3. The van der Waals surface area contributed by atoms with E-state index in [0.29, 0.717) is 17.1 Å². The van der Waals surface area contributed by atoms with Gasteiger partial charge in [-0.25, -0.2) is 0 Å². The molecule has 25 heavy (non-hydrogen) atoms. The van der Waals surface area contributed by atoms with E-state index in [4.69, 9.17) is 0 Å².